The van der Waals surface area contributed by atoms with Crippen molar-refractivity contribution in [2.45, 2.75) is 6.54 Å². The normalized spacial score (nSPS) is 10.0. The van der Waals surface area contributed by atoms with E-state index in [2.05, 4.69) is 26.7 Å². The van der Waals surface area contributed by atoms with Gasteiger partial charge in [0.2, 0.25) is 0 Å². The predicted molar refractivity (Wildman–Crippen MR) is 69.6 cm³/mol. The van der Waals surface area contributed by atoms with E-state index in [1.807, 2.05) is 5.38 Å². The molecule has 16 heavy (non-hydrogen) atoms. The van der Waals surface area contributed by atoms with Crippen molar-refractivity contribution in [3.8, 4) is 0 Å². The van der Waals surface area contributed by atoms with Gasteiger partial charge in [-0.2, -0.15) is 11.3 Å². The molecule has 0 saturated carbocycles. The zero-order valence-electron chi connectivity index (χ0n) is 8.38. The lowest BCUT2D eigenvalue weighted by Crippen LogP contribution is -2.12. The van der Waals surface area contributed by atoms with Gasteiger partial charge in [-0.1, -0.05) is 12.2 Å². The van der Waals surface area contributed by atoms with Crippen LogP contribution in [-0.2, 0) is 6.54 Å². The van der Waals surface area contributed by atoms with Crippen LogP contribution in [-0.4, -0.2) is 15.0 Å². The monoisotopic (exact) mass is 250 g/mol. The van der Waals surface area contributed by atoms with Crippen molar-refractivity contribution in [1.82, 2.24) is 9.97 Å². The highest BCUT2D eigenvalue weighted by Crippen LogP contribution is 2.08. The van der Waals surface area contributed by atoms with Gasteiger partial charge in [0.25, 0.3) is 0 Å². The highest BCUT2D eigenvalue weighted by molar-refractivity contribution is 7.80. The van der Waals surface area contributed by atoms with Crippen LogP contribution in [0.4, 0.5) is 5.82 Å². The molecule has 2 heterocycles. The van der Waals surface area contributed by atoms with Crippen LogP contribution < -0.4 is 11.1 Å². The minimum Gasteiger partial charge on any atom is -0.388 e. The fourth-order valence-electron chi connectivity index (χ4n) is 1.13. The Bertz CT molecular complexity index is 464. The standard InChI is InChI=1S/C10H10N4S2/c11-10(15)8-4-14-9(5-12-8)13-3-7-1-2-16-6-7/h1-2,4-6H,3H2,(H2,11,15)(H,13,14). The number of thiocarbonyl (C=S) groups is 1. The Morgan fingerprint density at radius 3 is 2.88 bits per heavy atom. The summed E-state index contributed by atoms with van der Waals surface area (Å²) in [5.41, 5.74) is 7.19. The number of nitrogens with zero attached hydrogens (tertiary/aromatic N) is 2. The van der Waals surface area contributed by atoms with Crippen LogP contribution in [0.5, 0.6) is 0 Å². The number of nitrogens with one attached hydrogen (secondary N) is 1. The Hall–Kier alpha value is -1.53. The van der Waals surface area contributed by atoms with Crippen molar-refractivity contribution in [3.63, 3.8) is 0 Å². The summed E-state index contributed by atoms with van der Waals surface area (Å²) in [6.45, 7) is 0.741. The molecule has 2 aromatic rings. The maximum atomic E-state index is 5.42. The summed E-state index contributed by atoms with van der Waals surface area (Å²) in [5, 5.41) is 7.29. The zero-order valence-corrected chi connectivity index (χ0v) is 10.0. The third-order valence-electron chi connectivity index (χ3n) is 1.96. The molecule has 0 spiro atoms. The smallest absolute Gasteiger partial charge is 0.144 e. The van der Waals surface area contributed by atoms with E-state index in [1.54, 1.807) is 23.7 Å². The van der Waals surface area contributed by atoms with Gasteiger partial charge in [0, 0.05) is 6.54 Å². The van der Waals surface area contributed by atoms with Gasteiger partial charge in [0.15, 0.2) is 0 Å². The second-order valence-electron chi connectivity index (χ2n) is 3.14. The molecule has 0 saturated heterocycles. The van der Waals surface area contributed by atoms with E-state index < -0.39 is 0 Å². The van der Waals surface area contributed by atoms with Crippen LogP contribution in [0, 0.1) is 0 Å². The molecule has 2 rings (SSSR count). The highest BCUT2D eigenvalue weighted by Gasteiger charge is 1.99. The Morgan fingerprint density at radius 1 is 1.44 bits per heavy atom. The third kappa shape index (κ3) is 2.74. The number of rotatable bonds is 4. The quantitative estimate of drug-likeness (QED) is 0.810. The summed E-state index contributed by atoms with van der Waals surface area (Å²) < 4.78 is 0. The van der Waals surface area contributed by atoms with E-state index in [4.69, 9.17) is 18.0 Å². The maximum Gasteiger partial charge on any atom is 0.144 e. The van der Waals surface area contributed by atoms with E-state index in [0.29, 0.717) is 11.5 Å². The summed E-state index contributed by atoms with van der Waals surface area (Å²) in [6, 6.07) is 2.06. The lowest BCUT2D eigenvalue weighted by Gasteiger charge is -2.03. The van der Waals surface area contributed by atoms with E-state index in [1.165, 1.54) is 5.56 Å². The molecule has 4 nitrogen and oxygen atoms in total. The molecule has 0 radical (unpaired) electrons. The second-order valence-corrected chi connectivity index (χ2v) is 4.36. The molecule has 0 aliphatic carbocycles. The fourth-order valence-corrected chi connectivity index (χ4v) is 1.91. The number of hydrogen-bond donors (Lipinski definition) is 2. The number of aromatic nitrogens is 2. The minimum atomic E-state index is 0.261. The molecule has 0 aliphatic heterocycles. The summed E-state index contributed by atoms with van der Waals surface area (Å²) in [4.78, 5) is 8.51. The molecule has 3 N–H and O–H groups in total. The highest BCUT2D eigenvalue weighted by atomic mass is 32.1. The van der Waals surface area contributed by atoms with E-state index >= 15 is 0 Å². The van der Waals surface area contributed by atoms with Gasteiger partial charge < -0.3 is 11.1 Å². The van der Waals surface area contributed by atoms with Crippen LogP contribution in [0.15, 0.2) is 29.2 Å². The average molecular weight is 250 g/mol. The molecule has 0 aromatic carbocycles. The molecule has 2 aromatic heterocycles. The number of nitrogens with two attached hydrogens (primary N) is 1. The second kappa shape index (κ2) is 5.00. The Morgan fingerprint density at radius 2 is 2.31 bits per heavy atom. The maximum absolute atomic E-state index is 5.42. The predicted octanol–water partition coefficient (Wildman–Crippen LogP) is 1.78. The minimum absolute atomic E-state index is 0.261. The van der Waals surface area contributed by atoms with Crippen molar-refractivity contribution in [1.29, 1.82) is 0 Å². The first-order chi connectivity index (χ1) is 7.75. The molecule has 0 amide bonds. The molecule has 0 bridgehead atoms. The Balaban J connectivity index is 1.98. The zero-order chi connectivity index (χ0) is 11.4. The van der Waals surface area contributed by atoms with Gasteiger partial charge >= 0.3 is 0 Å². The van der Waals surface area contributed by atoms with Crippen molar-refractivity contribution >= 4 is 34.4 Å². The van der Waals surface area contributed by atoms with Gasteiger partial charge in [-0.15, -0.1) is 0 Å². The first-order valence-corrected chi connectivity index (χ1v) is 5.97. The molecule has 0 atom stereocenters. The van der Waals surface area contributed by atoms with Gasteiger partial charge in [0.1, 0.15) is 16.5 Å². The lowest BCUT2D eigenvalue weighted by molar-refractivity contribution is 1.09. The van der Waals surface area contributed by atoms with Gasteiger partial charge in [-0.3, -0.25) is 0 Å². The summed E-state index contributed by atoms with van der Waals surface area (Å²) >= 11 is 6.46. The summed E-state index contributed by atoms with van der Waals surface area (Å²) in [5.74, 6) is 0.714. The number of thiophene rings is 1. The molecular formula is C10H10N4S2. The van der Waals surface area contributed by atoms with E-state index in [9.17, 15) is 0 Å². The van der Waals surface area contributed by atoms with Crippen LogP contribution in [0.25, 0.3) is 0 Å². The lowest BCUT2D eigenvalue weighted by atomic mass is 10.3. The van der Waals surface area contributed by atoms with Crippen molar-refractivity contribution in [3.05, 3.63) is 40.5 Å². The van der Waals surface area contributed by atoms with Crippen molar-refractivity contribution in [2.75, 3.05) is 5.32 Å². The first-order valence-electron chi connectivity index (χ1n) is 4.62. The molecule has 0 aliphatic rings. The Labute approximate surface area is 103 Å². The molecule has 6 heteroatoms. The van der Waals surface area contributed by atoms with Gasteiger partial charge in [0.05, 0.1) is 12.4 Å². The topological polar surface area (TPSA) is 63.8 Å². The Kier molecular flexibility index (Phi) is 3.43. The van der Waals surface area contributed by atoms with Crippen LogP contribution in [0.3, 0.4) is 0 Å². The van der Waals surface area contributed by atoms with Crippen LogP contribution in [0.2, 0.25) is 0 Å². The van der Waals surface area contributed by atoms with E-state index in [-0.39, 0.29) is 4.99 Å². The third-order valence-corrected chi connectivity index (χ3v) is 2.90. The molecular weight excluding hydrogens is 240 g/mol. The molecule has 0 fully saturated rings. The van der Waals surface area contributed by atoms with Crippen molar-refractivity contribution in [2.24, 2.45) is 5.73 Å². The van der Waals surface area contributed by atoms with E-state index in [0.717, 1.165) is 6.54 Å². The van der Waals surface area contributed by atoms with Gasteiger partial charge in [-0.25, -0.2) is 9.97 Å². The number of anilines is 1. The average Bonchev–Trinajstić information content (AvgIpc) is 2.80. The largest absolute Gasteiger partial charge is 0.388 e. The molecule has 82 valence electrons. The first kappa shape index (κ1) is 11.0. The number of hydrogen-bond acceptors (Lipinski definition) is 5. The molecule has 0 unspecified atom stereocenters. The summed E-state index contributed by atoms with van der Waals surface area (Å²) in [6.07, 6.45) is 3.19. The van der Waals surface area contributed by atoms with Gasteiger partial charge in [-0.05, 0) is 22.4 Å². The SMILES string of the molecule is NC(=S)c1cnc(NCc2ccsc2)cn1. The van der Waals surface area contributed by atoms with Crippen LogP contribution >= 0.6 is 23.6 Å². The fraction of sp³-hybridized carbons (Fsp3) is 0.100. The summed E-state index contributed by atoms with van der Waals surface area (Å²) in [7, 11) is 0. The van der Waals surface area contributed by atoms with Crippen molar-refractivity contribution < 1.29 is 0 Å². The van der Waals surface area contributed by atoms with Crippen LogP contribution in [0.1, 0.15) is 11.3 Å².